The van der Waals surface area contributed by atoms with Crippen LogP contribution in [0.2, 0.25) is 0 Å². The first-order valence-electron chi connectivity index (χ1n) is 11.1. The van der Waals surface area contributed by atoms with Crippen molar-refractivity contribution in [1.82, 2.24) is 9.55 Å². The summed E-state index contributed by atoms with van der Waals surface area (Å²) in [6.07, 6.45) is -3.46. The summed E-state index contributed by atoms with van der Waals surface area (Å²) in [6.45, 7) is 0.924. The third-order valence-electron chi connectivity index (χ3n) is 5.72. The first kappa shape index (κ1) is 25.9. The third kappa shape index (κ3) is 5.79. The molecule has 0 spiro atoms. The monoisotopic (exact) mass is 516 g/mol. The van der Waals surface area contributed by atoms with E-state index in [1.165, 1.54) is 13.1 Å². The summed E-state index contributed by atoms with van der Waals surface area (Å²) >= 11 is 0. The highest BCUT2D eigenvalue weighted by Gasteiger charge is 2.43. The predicted molar refractivity (Wildman–Crippen MR) is 127 cm³/mol. The molecule has 36 heavy (non-hydrogen) atoms. The number of Topliss-reactive ketones (excluding diaryl/α,β-unsaturated/α-hetero) is 1. The van der Waals surface area contributed by atoms with Gasteiger partial charge in [0.2, 0.25) is 0 Å². The normalized spacial score (nSPS) is 22.1. The van der Waals surface area contributed by atoms with E-state index < -0.39 is 56.0 Å². The van der Waals surface area contributed by atoms with E-state index in [2.05, 4.69) is 4.98 Å². The largest absolute Gasteiger partial charge is 0.473 e. The second-order valence-corrected chi connectivity index (χ2v) is 9.62. The average Bonchev–Trinajstić information content (AvgIpc) is 3.27. The minimum Gasteiger partial charge on any atom is -0.394 e. The number of carbonyl (C=O) groups excluding carboxylic acids is 1. The molecular formula is C24H25N2O9P. The Hall–Kier alpha value is -3.18. The molecule has 0 radical (unpaired) electrons. The zero-order valence-electron chi connectivity index (χ0n) is 19.2. The highest BCUT2D eigenvalue weighted by atomic mass is 31.2. The second kappa shape index (κ2) is 10.8. The van der Waals surface area contributed by atoms with Gasteiger partial charge in [0.1, 0.15) is 18.4 Å². The molecule has 3 N–H and O–H groups in total. The maximum atomic E-state index is 13.2. The van der Waals surface area contributed by atoms with E-state index in [0.717, 1.165) is 4.57 Å². The molecule has 2 heterocycles. The quantitative estimate of drug-likeness (QED) is 0.287. The molecular weight excluding hydrogens is 491 g/mol. The molecule has 2 aromatic carbocycles. The van der Waals surface area contributed by atoms with Gasteiger partial charge in [-0.05, 0) is 12.5 Å². The standard InChI is InChI=1S/C24H25N2O9P/c1-15-13-26(24(30)25-23(15)29)20-12-18(19(14-27)33-20)34-36(31,32)35-22(17-10-6-3-7-11-17)21(28)16-8-4-2-5-9-16/h2-11,13,18-20,22,27H,12,14H2,1H3,(H,31,32)(H,25,29,30)/t18-,19+,20+,22+/m0/s1. The Balaban J connectivity index is 1.56. The number of aromatic amines is 1. The predicted octanol–water partition coefficient (Wildman–Crippen LogP) is 2.25. The van der Waals surface area contributed by atoms with Gasteiger partial charge in [0, 0.05) is 23.7 Å². The molecule has 1 saturated heterocycles. The molecule has 11 nitrogen and oxygen atoms in total. The lowest BCUT2D eigenvalue weighted by Crippen LogP contribution is -2.33. The summed E-state index contributed by atoms with van der Waals surface area (Å²) in [5.74, 6) is -0.547. The lowest BCUT2D eigenvalue weighted by atomic mass is 10.0. The highest BCUT2D eigenvalue weighted by Crippen LogP contribution is 2.52. The Morgan fingerprint density at radius 3 is 2.44 bits per heavy atom. The summed E-state index contributed by atoms with van der Waals surface area (Å²) in [5, 5.41) is 9.75. The molecule has 3 aromatic rings. The summed E-state index contributed by atoms with van der Waals surface area (Å²) in [6, 6.07) is 16.4. The number of nitrogens with one attached hydrogen (secondary N) is 1. The topological polar surface area (TPSA) is 157 Å². The number of rotatable bonds is 9. The van der Waals surface area contributed by atoms with E-state index in [4.69, 9.17) is 13.8 Å². The summed E-state index contributed by atoms with van der Waals surface area (Å²) in [4.78, 5) is 49.8. The van der Waals surface area contributed by atoms with Gasteiger partial charge in [-0.2, -0.15) is 0 Å². The van der Waals surface area contributed by atoms with Crippen LogP contribution >= 0.6 is 7.82 Å². The fourth-order valence-corrected chi connectivity index (χ4v) is 5.01. The van der Waals surface area contributed by atoms with E-state index in [-0.39, 0.29) is 17.5 Å². The van der Waals surface area contributed by atoms with Crippen LogP contribution in [0.25, 0.3) is 0 Å². The van der Waals surface area contributed by atoms with Gasteiger partial charge in [-0.3, -0.25) is 28.2 Å². The lowest BCUT2D eigenvalue weighted by molar-refractivity contribution is -0.0473. The van der Waals surface area contributed by atoms with Crippen molar-refractivity contribution in [2.45, 2.75) is 37.9 Å². The van der Waals surface area contributed by atoms with Crippen LogP contribution in [-0.2, 0) is 18.3 Å². The van der Waals surface area contributed by atoms with E-state index in [9.17, 15) is 28.9 Å². The number of phosphoric ester groups is 1. The first-order chi connectivity index (χ1) is 17.2. The number of hydrogen-bond donors (Lipinski definition) is 3. The van der Waals surface area contributed by atoms with Gasteiger partial charge in [0.25, 0.3) is 5.56 Å². The number of H-pyrrole nitrogens is 1. The van der Waals surface area contributed by atoms with Gasteiger partial charge in [-0.15, -0.1) is 0 Å². The van der Waals surface area contributed by atoms with E-state index >= 15 is 0 Å². The van der Waals surface area contributed by atoms with Crippen molar-refractivity contribution in [3.05, 3.63) is 104 Å². The van der Waals surface area contributed by atoms with E-state index in [1.54, 1.807) is 60.7 Å². The second-order valence-electron chi connectivity index (χ2n) is 8.26. The van der Waals surface area contributed by atoms with Crippen LogP contribution in [0.5, 0.6) is 0 Å². The number of aryl methyl sites for hydroxylation is 1. The minimum absolute atomic E-state index is 0.104. The lowest BCUT2D eigenvalue weighted by Gasteiger charge is -2.24. The zero-order chi connectivity index (χ0) is 25.9. The molecule has 0 bridgehead atoms. The first-order valence-corrected chi connectivity index (χ1v) is 12.6. The molecule has 1 unspecified atom stereocenters. The average molecular weight is 516 g/mol. The number of hydrogen-bond acceptors (Lipinski definition) is 8. The maximum absolute atomic E-state index is 13.2. The Bertz CT molecular complexity index is 1370. The fraction of sp³-hybridized carbons (Fsp3) is 0.292. The smallest absolute Gasteiger partial charge is 0.394 e. The van der Waals surface area contributed by atoms with Crippen LogP contribution in [0.15, 0.2) is 76.4 Å². The minimum atomic E-state index is -4.89. The van der Waals surface area contributed by atoms with Gasteiger partial charge >= 0.3 is 13.5 Å². The summed E-state index contributed by atoms with van der Waals surface area (Å²) in [7, 11) is -4.89. The molecule has 4 rings (SSSR count). The maximum Gasteiger partial charge on any atom is 0.473 e. The van der Waals surface area contributed by atoms with Gasteiger partial charge in [-0.25, -0.2) is 9.36 Å². The van der Waals surface area contributed by atoms with E-state index in [1.807, 2.05) is 0 Å². The SMILES string of the molecule is Cc1cn([C@H]2C[C@H](OP(=O)(O)O[C@@H](C(=O)c3ccccc3)c3ccccc3)[C@@H](CO)O2)c(=O)[nH]c1=O. The number of aromatic nitrogens is 2. The van der Waals surface area contributed by atoms with Crippen molar-refractivity contribution in [3.63, 3.8) is 0 Å². The number of carbonyl (C=O) groups is 1. The number of nitrogens with zero attached hydrogens (tertiary/aromatic N) is 1. The molecule has 0 aliphatic carbocycles. The van der Waals surface area contributed by atoms with Crippen molar-refractivity contribution in [1.29, 1.82) is 0 Å². The van der Waals surface area contributed by atoms with Crippen molar-refractivity contribution in [3.8, 4) is 0 Å². The molecule has 5 atom stereocenters. The number of ether oxygens (including phenoxy) is 1. The van der Waals surface area contributed by atoms with Gasteiger partial charge in [-0.1, -0.05) is 60.7 Å². The molecule has 1 aliphatic rings. The van der Waals surface area contributed by atoms with Gasteiger partial charge in [0.15, 0.2) is 11.9 Å². The number of phosphoric acid groups is 1. The number of benzene rings is 2. The van der Waals surface area contributed by atoms with Crippen LogP contribution in [-0.4, -0.2) is 44.1 Å². The molecule has 190 valence electrons. The molecule has 1 aromatic heterocycles. The van der Waals surface area contributed by atoms with Crippen molar-refractivity contribution >= 4 is 13.6 Å². The van der Waals surface area contributed by atoms with Crippen LogP contribution in [0.4, 0.5) is 0 Å². The summed E-state index contributed by atoms with van der Waals surface area (Å²) in [5.41, 5.74) is -0.419. The molecule has 1 aliphatic heterocycles. The molecule has 0 amide bonds. The fourth-order valence-electron chi connectivity index (χ4n) is 3.92. The van der Waals surface area contributed by atoms with Crippen LogP contribution in [0, 0.1) is 6.92 Å². The molecule has 12 heteroatoms. The Morgan fingerprint density at radius 2 is 1.81 bits per heavy atom. The zero-order valence-corrected chi connectivity index (χ0v) is 20.1. The van der Waals surface area contributed by atoms with Crippen molar-refractivity contribution in [2.24, 2.45) is 0 Å². The highest BCUT2D eigenvalue weighted by molar-refractivity contribution is 7.47. The number of aliphatic hydroxyl groups excluding tert-OH is 1. The van der Waals surface area contributed by atoms with E-state index in [0.29, 0.717) is 5.56 Å². The number of aliphatic hydroxyl groups is 1. The molecule has 1 fully saturated rings. The van der Waals surface area contributed by atoms with Gasteiger partial charge < -0.3 is 14.7 Å². The summed E-state index contributed by atoms with van der Waals surface area (Å²) < 4.78 is 30.6. The van der Waals surface area contributed by atoms with Crippen molar-refractivity contribution in [2.75, 3.05) is 6.61 Å². The van der Waals surface area contributed by atoms with Crippen molar-refractivity contribution < 1.29 is 33.1 Å². The van der Waals surface area contributed by atoms with Crippen LogP contribution < -0.4 is 11.2 Å². The Kier molecular flexibility index (Phi) is 7.79. The number of ketones is 1. The third-order valence-corrected chi connectivity index (χ3v) is 6.74. The van der Waals surface area contributed by atoms with Crippen LogP contribution in [0.1, 0.15) is 40.2 Å². The Morgan fingerprint density at radius 1 is 1.17 bits per heavy atom. The Labute approximate surface area is 205 Å². The van der Waals surface area contributed by atoms with Gasteiger partial charge in [0.05, 0.1) is 6.61 Å². The van der Waals surface area contributed by atoms with Crippen LogP contribution in [0.3, 0.4) is 0 Å². The molecule has 0 saturated carbocycles.